The van der Waals surface area contributed by atoms with E-state index in [0.29, 0.717) is 11.5 Å². The molecule has 0 atom stereocenters. The minimum absolute atomic E-state index is 0.141. The van der Waals surface area contributed by atoms with Gasteiger partial charge in [0.15, 0.2) is 12.4 Å². The highest BCUT2D eigenvalue weighted by atomic mass is 35.5. The van der Waals surface area contributed by atoms with Gasteiger partial charge >= 0.3 is 5.97 Å². The molecule has 4 rings (SSSR count). The fourth-order valence-electron chi connectivity index (χ4n) is 2.70. The Morgan fingerprint density at radius 2 is 1.91 bits per heavy atom. The van der Waals surface area contributed by atoms with Crippen LogP contribution in [0.15, 0.2) is 60.0 Å². The van der Waals surface area contributed by atoms with E-state index >= 15 is 0 Å². The maximum Gasteiger partial charge on any atom is 0.378 e. The molecule has 1 amide bonds. The summed E-state index contributed by atoms with van der Waals surface area (Å²) in [5.41, 5.74) is 0.341. The van der Waals surface area contributed by atoms with Crippen LogP contribution in [0.5, 0.6) is 0 Å². The van der Waals surface area contributed by atoms with E-state index in [1.54, 1.807) is 12.1 Å². The van der Waals surface area contributed by atoms with E-state index in [1.165, 1.54) is 52.4 Å². The number of thiophene rings is 1. The molecule has 32 heavy (non-hydrogen) atoms. The number of carbonyl (C=O) groups excluding carboxylic acids is 2. The number of rotatable bonds is 6. The van der Waals surface area contributed by atoms with Gasteiger partial charge in [-0.2, -0.15) is 4.98 Å². The number of ether oxygens (including phenoxy) is 1. The lowest BCUT2D eigenvalue weighted by Crippen LogP contribution is -2.22. The number of amides is 1. The number of aromatic nitrogens is 3. The topological polar surface area (TPSA) is 86.1 Å². The molecule has 0 aliphatic heterocycles. The number of benzene rings is 2. The molecule has 0 saturated heterocycles. The number of anilines is 1. The van der Waals surface area contributed by atoms with Crippen LogP contribution in [-0.4, -0.2) is 33.2 Å². The Balaban J connectivity index is 1.51. The van der Waals surface area contributed by atoms with Crippen molar-refractivity contribution < 1.29 is 23.1 Å². The summed E-state index contributed by atoms with van der Waals surface area (Å²) in [6.45, 7) is -0.690. The van der Waals surface area contributed by atoms with Crippen LogP contribution in [0.2, 0.25) is 5.02 Å². The largest absolute Gasteiger partial charge is 0.450 e. The number of esters is 1. The monoisotopic (exact) mass is 474 g/mol. The quantitative estimate of drug-likeness (QED) is 0.408. The molecule has 1 N–H and O–H groups in total. The van der Waals surface area contributed by atoms with Crippen LogP contribution in [0, 0.1) is 11.6 Å². The Morgan fingerprint density at radius 1 is 1.12 bits per heavy atom. The van der Waals surface area contributed by atoms with Crippen LogP contribution in [0.25, 0.3) is 16.4 Å². The lowest BCUT2D eigenvalue weighted by Gasteiger charge is -2.07. The zero-order valence-electron chi connectivity index (χ0n) is 16.1. The molecule has 0 saturated carbocycles. The van der Waals surface area contributed by atoms with Crippen molar-refractivity contribution in [3.8, 4) is 16.4 Å². The first kappa shape index (κ1) is 21.6. The second-order valence-corrected chi connectivity index (χ2v) is 7.76. The fourth-order valence-corrected chi connectivity index (χ4v) is 3.57. The maximum atomic E-state index is 13.7. The van der Waals surface area contributed by atoms with Gasteiger partial charge in [-0.15, -0.1) is 16.4 Å². The smallest absolute Gasteiger partial charge is 0.378 e. The molecule has 2 aromatic heterocycles. The summed E-state index contributed by atoms with van der Waals surface area (Å²) in [6, 6.07) is 12.8. The summed E-state index contributed by atoms with van der Waals surface area (Å²) in [6.07, 6.45) is 0. The molecule has 0 spiro atoms. The number of hydrogen-bond acceptors (Lipinski definition) is 6. The van der Waals surface area contributed by atoms with Gasteiger partial charge in [0.2, 0.25) is 0 Å². The highest BCUT2D eigenvalue weighted by Crippen LogP contribution is 2.26. The van der Waals surface area contributed by atoms with Crippen LogP contribution >= 0.6 is 22.9 Å². The zero-order chi connectivity index (χ0) is 22.7. The van der Waals surface area contributed by atoms with Gasteiger partial charge in [-0.05, 0) is 53.9 Å². The predicted octanol–water partition coefficient (Wildman–Crippen LogP) is 4.72. The highest BCUT2D eigenvalue weighted by molar-refractivity contribution is 7.13. The average Bonchev–Trinajstić information content (AvgIpc) is 3.45. The van der Waals surface area contributed by atoms with Gasteiger partial charge in [0.1, 0.15) is 11.6 Å². The molecule has 162 valence electrons. The summed E-state index contributed by atoms with van der Waals surface area (Å²) >= 11 is 7.16. The Morgan fingerprint density at radius 3 is 2.62 bits per heavy atom. The summed E-state index contributed by atoms with van der Waals surface area (Å²) in [7, 11) is 0. The van der Waals surface area contributed by atoms with E-state index in [4.69, 9.17) is 16.3 Å². The Hall–Kier alpha value is -3.63. The molecule has 0 bridgehead atoms. The second kappa shape index (κ2) is 9.25. The number of hydrogen-bond donors (Lipinski definition) is 1. The molecular weight excluding hydrogens is 462 g/mol. The third-order valence-corrected chi connectivity index (χ3v) is 5.24. The van der Waals surface area contributed by atoms with Gasteiger partial charge in [0.25, 0.3) is 11.7 Å². The third kappa shape index (κ3) is 4.82. The predicted molar refractivity (Wildman–Crippen MR) is 115 cm³/mol. The van der Waals surface area contributed by atoms with Crippen LogP contribution in [-0.2, 0) is 9.53 Å². The van der Waals surface area contributed by atoms with Gasteiger partial charge < -0.3 is 10.1 Å². The number of nitrogens with one attached hydrogen (secondary N) is 1. The second-order valence-electron chi connectivity index (χ2n) is 6.37. The molecule has 2 heterocycles. The summed E-state index contributed by atoms with van der Waals surface area (Å²) in [5, 5.41) is 8.49. The summed E-state index contributed by atoms with van der Waals surface area (Å²) in [4.78, 5) is 29.4. The first-order valence-electron chi connectivity index (χ1n) is 9.09. The minimum atomic E-state index is -0.953. The molecule has 2 aromatic carbocycles. The van der Waals surface area contributed by atoms with Gasteiger partial charge in [0.05, 0.1) is 16.3 Å². The molecule has 0 unspecified atom stereocenters. The van der Waals surface area contributed by atoms with Gasteiger partial charge in [-0.25, -0.2) is 18.3 Å². The molecule has 0 radical (unpaired) electrons. The van der Waals surface area contributed by atoms with Gasteiger partial charge in [0, 0.05) is 5.02 Å². The average molecular weight is 475 g/mol. The normalized spacial score (nSPS) is 10.7. The van der Waals surface area contributed by atoms with E-state index < -0.39 is 30.1 Å². The minimum Gasteiger partial charge on any atom is -0.450 e. The maximum absolute atomic E-state index is 13.7. The van der Waals surface area contributed by atoms with Crippen molar-refractivity contribution >= 4 is 40.5 Å². The lowest BCUT2D eigenvalue weighted by atomic mass is 10.3. The van der Waals surface area contributed by atoms with Crippen LogP contribution in [0.4, 0.5) is 14.5 Å². The lowest BCUT2D eigenvalue weighted by molar-refractivity contribution is -0.119. The number of nitrogens with zero attached hydrogens (tertiary/aromatic N) is 3. The first-order valence-corrected chi connectivity index (χ1v) is 10.4. The molecule has 11 heteroatoms. The van der Waals surface area contributed by atoms with E-state index in [2.05, 4.69) is 15.4 Å². The molecular formula is C21H13ClF2N4O3S. The van der Waals surface area contributed by atoms with Crippen LogP contribution in [0.1, 0.15) is 10.6 Å². The van der Waals surface area contributed by atoms with E-state index in [-0.39, 0.29) is 16.5 Å². The Bertz CT molecular complexity index is 1280. The zero-order valence-corrected chi connectivity index (χ0v) is 17.7. The molecule has 0 aliphatic carbocycles. The summed E-state index contributed by atoms with van der Waals surface area (Å²) in [5.74, 6) is -2.77. The third-order valence-electron chi connectivity index (χ3n) is 4.14. The van der Waals surface area contributed by atoms with Crippen molar-refractivity contribution in [1.29, 1.82) is 0 Å². The van der Waals surface area contributed by atoms with E-state index in [0.717, 1.165) is 10.9 Å². The Labute approximate surface area is 189 Å². The molecule has 4 aromatic rings. The van der Waals surface area contributed by atoms with E-state index in [1.807, 2.05) is 5.38 Å². The number of halogens is 3. The SMILES string of the molecule is O=C(COC(=O)c1nc(-c2cccs2)n(-c2ccc(F)cc2)n1)Nc1cc(Cl)ccc1F. The summed E-state index contributed by atoms with van der Waals surface area (Å²) < 4.78 is 33.4. The van der Waals surface area contributed by atoms with Crippen LogP contribution < -0.4 is 5.32 Å². The van der Waals surface area contributed by atoms with Crippen molar-refractivity contribution in [3.05, 3.63) is 82.5 Å². The molecule has 0 fully saturated rings. The fraction of sp³-hybridized carbons (Fsp3) is 0.0476. The van der Waals surface area contributed by atoms with Crippen molar-refractivity contribution in [2.75, 3.05) is 11.9 Å². The highest BCUT2D eigenvalue weighted by Gasteiger charge is 2.21. The van der Waals surface area contributed by atoms with Crippen LogP contribution in [0.3, 0.4) is 0 Å². The molecule has 0 aliphatic rings. The van der Waals surface area contributed by atoms with Gasteiger partial charge in [-0.1, -0.05) is 17.7 Å². The van der Waals surface area contributed by atoms with Crippen molar-refractivity contribution in [1.82, 2.24) is 14.8 Å². The first-order chi connectivity index (χ1) is 15.4. The van der Waals surface area contributed by atoms with Crippen molar-refractivity contribution in [2.24, 2.45) is 0 Å². The van der Waals surface area contributed by atoms with Gasteiger partial charge in [-0.3, -0.25) is 4.79 Å². The van der Waals surface area contributed by atoms with Crippen molar-refractivity contribution in [2.45, 2.75) is 0 Å². The number of carbonyl (C=O) groups is 2. The molecule has 7 nitrogen and oxygen atoms in total. The van der Waals surface area contributed by atoms with Crippen molar-refractivity contribution in [3.63, 3.8) is 0 Å². The Kier molecular flexibility index (Phi) is 6.24. The standard InChI is InChI=1S/C21H13ClF2N4O3S/c22-12-3-8-15(24)16(10-12)25-18(29)11-31-21(30)19-26-20(17-2-1-9-32-17)28(27-19)14-6-4-13(23)5-7-14/h1-10H,11H2,(H,25,29). The van der Waals surface area contributed by atoms with E-state index in [9.17, 15) is 18.4 Å².